The number of rotatable bonds is 9. The number of benzene rings is 3. The number of aromatic carboxylic acids is 1. The Morgan fingerprint density at radius 2 is 1.66 bits per heavy atom. The van der Waals surface area contributed by atoms with Crippen molar-refractivity contribution in [1.29, 1.82) is 0 Å². The molecule has 1 N–H and O–H groups in total. The van der Waals surface area contributed by atoms with Gasteiger partial charge in [-0.15, -0.1) is 0 Å². The average Bonchev–Trinajstić information content (AvgIpc) is 2.88. The largest absolute Gasteiger partial charge is 0.497 e. The minimum Gasteiger partial charge on any atom is -0.497 e. The highest BCUT2D eigenvalue weighted by Gasteiger charge is 2.17. The Kier molecular flexibility index (Phi) is 7.75. The van der Waals surface area contributed by atoms with E-state index in [0.29, 0.717) is 40.1 Å². The molecule has 178 valence electrons. The van der Waals surface area contributed by atoms with Crippen molar-refractivity contribution in [3.63, 3.8) is 0 Å². The van der Waals surface area contributed by atoms with Gasteiger partial charge in [0.25, 0.3) is 0 Å². The number of halogens is 2. The molecule has 3 aromatic carbocycles. The van der Waals surface area contributed by atoms with Crippen LogP contribution in [0, 0.1) is 0 Å². The van der Waals surface area contributed by atoms with Crippen LogP contribution in [0.5, 0.6) is 17.2 Å². The van der Waals surface area contributed by atoms with Gasteiger partial charge in [-0.25, -0.2) is 9.78 Å². The molecule has 1 heterocycles. The summed E-state index contributed by atoms with van der Waals surface area (Å²) in [7, 11) is 1.57. The average molecular weight is 510 g/mol. The maximum absolute atomic E-state index is 11.8. The van der Waals surface area contributed by atoms with Gasteiger partial charge in [0, 0.05) is 5.56 Å². The number of pyridine rings is 1. The second kappa shape index (κ2) is 11.1. The molecule has 0 aliphatic carbocycles. The molecule has 4 rings (SSSR count). The maximum atomic E-state index is 11.8. The number of carboxylic acids is 1. The van der Waals surface area contributed by atoms with Crippen LogP contribution < -0.4 is 14.2 Å². The number of carbonyl (C=O) groups is 1. The van der Waals surface area contributed by atoms with Crippen LogP contribution >= 0.6 is 23.2 Å². The lowest BCUT2D eigenvalue weighted by molar-refractivity contribution is 0.0693. The molecule has 35 heavy (non-hydrogen) atoms. The predicted octanol–water partition coefficient (Wildman–Crippen LogP) is 6.92. The Balaban J connectivity index is 1.68. The van der Waals surface area contributed by atoms with Gasteiger partial charge in [-0.1, -0.05) is 59.6 Å². The second-order valence-corrected chi connectivity index (χ2v) is 8.26. The fourth-order valence-electron chi connectivity index (χ4n) is 3.40. The minimum atomic E-state index is -1.12. The summed E-state index contributed by atoms with van der Waals surface area (Å²) in [6.45, 7) is 0.232. The number of ether oxygens (including phenoxy) is 3. The first-order valence-electron chi connectivity index (χ1n) is 10.6. The molecule has 4 aromatic rings. The smallest absolute Gasteiger partial charge is 0.337 e. The Labute approximate surface area is 212 Å². The van der Waals surface area contributed by atoms with Gasteiger partial charge in [0.05, 0.1) is 29.1 Å². The molecule has 0 fully saturated rings. The van der Waals surface area contributed by atoms with E-state index in [1.165, 1.54) is 6.07 Å². The fourth-order valence-corrected chi connectivity index (χ4v) is 3.74. The third kappa shape index (κ3) is 5.85. The van der Waals surface area contributed by atoms with Gasteiger partial charge < -0.3 is 19.3 Å². The Morgan fingerprint density at radius 1 is 0.886 bits per heavy atom. The Bertz CT molecular complexity index is 1340. The Hall–Kier alpha value is -3.74. The van der Waals surface area contributed by atoms with E-state index in [2.05, 4.69) is 4.98 Å². The standard InChI is InChI=1S/C27H21Cl2NO5/c1-33-18-10-13-24(34-15-17-6-3-2-4-7-17)20(14-18)22-12-11-19(27(31)32)23(30-22)16-35-25-9-5-8-21(28)26(25)29/h2-14H,15-16H2,1H3,(H,31,32). The van der Waals surface area contributed by atoms with Crippen molar-refractivity contribution in [2.45, 2.75) is 13.2 Å². The summed E-state index contributed by atoms with van der Waals surface area (Å²) >= 11 is 12.3. The van der Waals surface area contributed by atoms with Crippen molar-refractivity contribution in [3.8, 4) is 28.5 Å². The summed E-state index contributed by atoms with van der Waals surface area (Å²) in [5, 5.41) is 10.3. The van der Waals surface area contributed by atoms with Gasteiger partial charge in [0.15, 0.2) is 0 Å². The first-order chi connectivity index (χ1) is 17.0. The van der Waals surface area contributed by atoms with Crippen molar-refractivity contribution in [1.82, 2.24) is 4.98 Å². The van der Waals surface area contributed by atoms with Crippen molar-refractivity contribution in [2.75, 3.05) is 7.11 Å². The first-order valence-corrected chi connectivity index (χ1v) is 11.4. The topological polar surface area (TPSA) is 77.9 Å². The number of aromatic nitrogens is 1. The van der Waals surface area contributed by atoms with E-state index in [9.17, 15) is 9.90 Å². The van der Waals surface area contributed by atoms with Crippen LogP contribution in [0.4, 0.5) is 0 Å². The molecule has 0 aliphatic rings. The highest BCUT2D eigenvalue weighted by atomic mass is 35.5. The van der Waals surface area contributed by atoms with Crippen LogP contribution in [-0.4, -0.2) is 23.2 Å². The molecule has 6 nitrogen and oxygen atoms in total. The van der Waals surface area contributed by atoms with Crippen molar-refractivity contribution in [3.05, 3.63) is 106 Å². The van der Waals surface area contributed by atoms with Crippen molar-refractivity contribution in [2.24, 2.45) is 0 Å². The van der Waals surface area contributed by atoms with Crippen LogP contribution in [0.2, 0.25) is 10.0 Å². The summed E-state index contributed by atoms with van der Waals surface area (Å²) in [5.74, 6) is 0.400. The third-order valence-corrected chi connectivity index (χ3v) is 5.99. The van der Waals surface area contributed by atoms with Gasteiger partial charge >= 0.3 is 5.97 Å². The van der Waals surface area contributed by atoms with Gasteiger partial charge in [-0.3, -0.25) is 0 Å². The fraction of sp³-hybridized carbons (Fsp3) is 0.111. The summed E-state index contributed by atoms with van der Waals surface area (Å²) in [4.78, 5) is 16.4. The quantitative estimate of drug-likeness (QED) is 0.263. The second-order valence-electron chi connectivity index (χ2n) is 7.47. The zero-order valence-electron chi connectivity index (χ0n) is 18.7. The van der Waals surface area contributed by atoms with Crippen molar-refractivity contribution >= 4 is 29.2 Å². The highest BCUT2D eigenvalue weighted by Crippen LogP contribution is 2.35. The zero-order chi connectivity index (χ0) is 24.8. The zero-order valence-corrected chi connectivity index (χ0v) is 20.2. The summed E-state index contributed by atoms with van der Waals surface area (Å²) < 4.78 is 17.2. The van der Waals surface area contributed by atoms with Gasteiger partial charge in [0.1, 0.15) is 35.5 Å². The van der Waals surface area contributed by atoms with E-state index in [-0.39, 0.29) is 22.9 Å². The van der Waals surface area contributed by atoms with E-state index < -0.39 is 5.97 Å². The molecule has 0 saturated heterocycles. The summed E-state index contributed by atoms with van der Waals surface area (Å²) in [6.07, 6.45) is 0. The lowest BCUT2D eigenvalue weighted by atomic mass is 10.1. The van der Waals surface area contributed by atoms with Gasteiger partial charge in [0.2, 0.25) is 0 Å². The highest BCUT2D eigenvalue weighted by molar-refractivity contribution is 6.42. The van der Waals surface area contributed by atoms with Crippen molar-refractivity contribution < 1.29 is 24.1 Å². The van der Waals surface area contributed by atoms with Gasteiger partial charge in [-0.05, 0) is 48.0 Å². The molecule has 0 aliphatic heterocycles. The molecule has 1 aromatic heterocycles. The van der Waals surface area contributed by atoms with Crippen LogP contribution in [0.3, 0.4) is 0 Å². The monoisotopic (exact) mass is 509 g/mol. The van der Waals surface area contributed by atoms with Crippen LogP contribution in [-0.2, 0) is 13.2 Å². The normalized spacial score (nSPS) is 10.6. The van der Waals surface area contributed by atoms with E-state index in [0.717, 1.165) is 5.56 Å². The number of methoxy groups -OCH3 is 1. The predicted molar refractivity (Wildman–Crippen MR) is 135 cm³/mol. The van der Waals surface area contributed by atoms with Gasteiger partial charge in [-0.2, -0.15) is 0 Å². The van der Waals surface area contributed by atoms with Crippen LogP contribution in [0.25, 0.3) is 11.3 Å². The summed E-state index contributed by atoms with van der Waals surface area (Å²) in [6, 6.07) is 23.2. The summed E-state index contributed by atoms with van der Waals surface area (Å²) in [5.41, 5.74) is 2.41. The molecule has 0 saturated carbocycles. The van der Waals surface area contributed by atoms with E-state index in [1.54, 1.807) is 49.6 Å². The molecule has 0 bridgehead atoms. The molecule has 0 atom stereocenters. The van der Waals surface area contributed by atoms with E-state index >= 15 is 0 Å². The number of hydrogen-bond acceptors (Lipinski definition) is 5. The first kappa shape index (κ1) is 24.4. The Morgan fingerprint density at radius 3 is 2.40 bits per heavy atom. The number of nitrogens with zero attached hydrogens (tertiary/aromatic N) is 1. The number of carboxylic acid groups (broad SMARTS) is 1. The van der Waals surface area contributed by atoms with Crippen LogP contribution in [0.1, 0.15) is 21.6 Å². The molecule has 8 heteroatoms. The molecular weight excluding hydrogens is 489 g/mol. The molecule has 0 spiro atoms. The van der Waals surface area contributed by atoms with E-state index in [1.807, 2.05) is 30.3 Å². The third-order valence-electron chi connectivity index (χ3n) is 5.18. The maximum Gasteiger partial charge on any atom is 0.337 e. The lowest BCUT2D eigenvalue weighted by Gasteiger charge is -2.15. The van der Waals surface area contributed by atoms with Crippen LogP contribution in [0.15, 0.2) is 78.9 Å². The molecular formula is C27H21Cl2NO5. The number of hydrogen-bond donors (Lipinski definition) is 1. The van der Waals surface area contributed by atoms with E-state index in [4.69, 9.17) is 37.4 Å². The SMILES string of the molecule is COc1ccc(OCc2ccccc2)c(-c2ccc(C(=O)O)c(COc3cccc(Cl)c3Cl)n2)c1. The molecule has 0 amide bonds. The minimum absolute atomic E-state index is 0.0153. The molecule has 0 radical (unpaired) electrons. The molecule has 0 unspecified atom stereocenters. The lowest BCUT2D eigenvalue weighted by Crippen LogP contribution is -2.09.